The van der Waals surface area contributed by atoms with Crippen molar-refractivity contribution in [1.82, 2.24) is 0 Å². The molecule has 0 aromatic rings. The van der Waals surface area contributed by atoms with Gasteiger partial charge in [-0.05, 0) is 62.7 Å². The van der Waals surface area contributed by atoms with Crippen molar-refractivity contribution in [2.75, 3.05) is 13.2 Å². The SMILES string of the molecule is CC1(C(=O)OCCC[NH+]([O-])S(=O)(=O)C(F)(F)F)CC2CC3CC(C1)C3C2. The Morgan fingerprint density at radius 3 is 2.58 bits per heavy atom. The first-order valence-corrected chi connectivity index (χ1v) is 10.4. The molecule has 3 fully saturated rings. The molecule has 6 nitrogen and oxygen atoms in total. The Hall–Kier alpha value is -0.870. The second kappa shape index (κ2) is 6.63. The van der Waals surface area contributed by atoms with Gasteiger partial charge in [0.15, 0.2) is 0 Å². The monoisotopic (exact) mass is 399 g/mol. The zero-order valence-corrected chi connectivity index (χ0v) is 15.4. The Morgan fingerprint density at radius 1 is 1.23 bits per heavy atom. The van der Waals surface area contributed by atoms with Crippen molar-refractivity contribution in [3.8, 4) is 0 Å². The molecule has 0 radical (unpaired) electrons. The summed E-state index contributed by atoms with van der Waals surface area (Å²) in [5.41, 5.74) is -6.19. The number of hydrogen-bond acceptors (Lipinski definition) is 5. The molecule has 10 heteroatoms. The van der Waals surface area contributed by atoms with Gasteiger partial charge in [-0.3, -0.25) is 9.26 Å². The molecule has 26 heavy (non-hydrogen) atoms. The summed E-state index contributed by atoms with van der Waals surface area (Å²) in [5, 5.41) is 11.3. The zero-order chi connectivity index (χ0) is 19.3. The average molecular weight is 399 g/mol. The van der Waals surface area contributed by atoms with Crippen LogP contribution < -0.4 is 4.47 Å². The zero-order valence-electron chi connectivity index (χ0n) is 14.5. The number of carbonyl (C=O) groups excluding carboxylic acids is 1. The number of hydrogen-bond donors (Lipinski definition) is 1. The molecule has 1 N–H and O–H groups in total. The van der Waals surface area contributed by atoms with E-state index >= 15 is 0 Å². The van der Waals surface area contributed by atoms with E-state index < -0.39 is 32.0 Å². The predicted molar refractivity (Wildman–Crippen MR) is 84.9 cm³/mol. The number of fused-ring (bicyclic) bond motifs is 1. The van der Waals surface area contributed by atoms with Crippen LogP contribution in [0.15, 0.2) is 0 Å². The van der Waals surface area contributed by atoms with Crippen LogP contribution >= 0.6 is 0 Å². The molecule has 0 aromatic carbocycles. The number of rotatable bonds is 6. The molecular weight excluding hydrogens is 375 g/mol. The predicted octanol–water partition coefficient (Wildman–Crippen LogP) is 1.61. The summed E-state index contributed by atoms with van der Waals surface area (Å²) in [6.07, 6.45) is 4.78. The van der Waals surface area contributed by atoms with Crippen LogP contribution in [0.5, 0.6) is 0 Å². The van der Waals surface area contributed by atoms with Crippen molar-refractivity contribution in [3.05, 3.63) is 5.21 Å². The summed E-state index contributed by atoms with van der Waals surface area (Å²) in [6.45, 7) is 0.804. The average Bonchev–Trinajstić information content (AvgIpc) is 2.76. The van der Waals surface area contributed by atoms with E-state index in [0.717, 1.165) is 37.5 Å². The lowest BCUT2D eigenvalue weighted by Crippen LogP contribution is -3.10. The molecule has 0 spiro atoms. The van der Waals surface area contributed by atoms with E-state index in [0.29, 0.717) is 11.8 Å². The van der Waals surface area contributed by atoms with E-state index in [2.05, 4.69) is 0 Å². The molecule has 0 aliphatic heterocycles. The molecule has 0 aromatic heterocycles. The minimum Gasteiger partial charge on any atom is -0.618 e. The van der Waals surface area contributed by atoms with Gasteiger partial charge in [-0.15, -0.1) is 0 Å². The first-order chi connectivity index (χ1) is 11.9. The Kier molecular flexibility index (Phi) is 5.07. The molecule has 2 bridgehead atoms. The van der Waals surface area contributed by atoms with E-state index in [9.17, 15) is 31.6 Å². The smallest absolute Gasteiger partial charge is 0.549 e. The molecule has 3 saturated carbocycles. The summed E-state index contributed by atoms with van der Waals surface area (Å²) in [7, 11) is -5.80. The number of esters is 1. The number of halogens is 3. The van der Waals surface area contributed by atoms with Gasteiger partial charge in [-0.25, -0.2) is 0 Å². The summed E-state index contributed by atoms with van der Waals surface area (Å²) in [6, 6.07) is 0. The van der Waals surface area contributed by atoms with Crippen molar-refractivity contribution < 1.29 is 35.6 Å². The van der Waals surface area contributed by atoms with Crippen molar-refractivity contribution in [2.45, 2.75) is 51.0 Å². The number of sulfonamides is 1. The topological polar surface area (TPSA) is 87.9 Å². The van der Waals surface area contributed by atoms with Crippen molar-refractivity contribution in [2.24, 2.45) is 29.1 Å². The second-order valence-electron chi connectivity index (χ2n) is 8.29. The minimum atomic E-state index is -5.80. The highest BCUT2D eigenvalue weighted by atomic mass is 32.2. The molecule has 0 amide bonds. The maximum absolute atomic E-state index is 12.5. The van der Waals surface area contributed by atoms with E-state index in [-0.39, 0.29) is 19.0 Å². The van der Waals surface area contributed by atoms with Crippen molar-refractivity contribution in [1.29, 1.82) is 0 Å². The summed E-state index contributed by atoms with van der Waals surface area (Å²) in [5.74, 6) is 2.21. The third-order valence-corrected chi connectivity index (χ3v) is 7.78. The quantitative estimate of drug-likeness (QED) is 0.417. The highest BCUT2D eigenvalue weighted by Gasteiger charge is 2.55. The molecule has 3 rings (SSSR count). The van der Waals surface area contributed by atoms with Crippen LogP contribution in [-0.2, 0) is 19.6 Å². The van der Waals surface area contributed by atoms with Gasteiger partial charge in [0.25, 0.3) is 0 Å². The number of quaternary nitrogens is 1. The first kappa shape index (κ1) is 19.9. The Bertz CT molecular complexity index is 661. The minimum absolute atomic E-state index is 0.243. The maximum atomic E-state index is 12.5. The Balaban J connectivity index is 1.47. The number of carbonyl (C=O) groups is 1. The number of hydroxylamine groups is 1. The highest BCUT2D eigenvalue weighted by molar-refractivity contribution is 7.86. The van der Waals surface area contributed by atoms with Crippen molar-refractivity contribution >= 4 is 16.0 Å². The van der Waals surface area contributed by atoms with Gasteiger partial charge in [0, 0.05) is 6.42 Å². The normalized spacial score (nSPS) is 37.6. The first-order valence-electron chi connectivity index (χ1n) is 8.95. The largest absolute Gasteiger partial charge is 0.618 e. The maximum Gasteiger partial charge on any atom is 0.549 e. The fraction of sp³-hybridized carbons (Fsp3) is 0.938. The lowest BCUT2D eigenvalue weighted by molar-refractivity contribution is -0.712. The van der Waals surface area contributed by atoms with Gasteiger partial charge in [0.2, 0.25) is 0 Å². The standard InChI is InChI=1S/C16H24F3NO5S/c1-15(8-10-5-11-7-12(9-15)13(11)6-10)14(21)25-4-2-3-20(22)26(23,24)16(17,18)19/h10-13,20H,2-9H2,1H3. The van der Waals surface area contributed by atoms with Crippen LogP contribution in [0.4, 0.5) is 13.2 Å². The summed E-state index contributed by atoms with van der Waals surface area (Å²) >= 11 is 0. The second-order valence-corrected chi connectivity index (χ2v) is 10.2. The highest BCUT2D eigenvalue weighted by Crippen LogP contribution is 2.62. The third kappa shape index (κ3) is 3.47. The summed E-state index contributed by atoms with van der Waals surface area (Å²) < 4.78 is 62.0. The van der Waals surface area contributed by atoms with Gasteiger partial charge in [-0.1, -0.05) is 0 Å². The van der Waals surface area contributed by atoms with Gasteiger partial charge in [0.1, 0.15) is 0 Å². The van der Waals surface area contributed by atoms with Crippen LogP contribution in [-0.4, -0.2) is 33.0 Å². The third-order valence-electron chi connectivity index (χ3n) is 6.37. The fourth-order valence-corrected chi connectivity index (χ4v) is 5.85. The molecule has 3 aliphatic rings. The lowest BCUT2D eigenvalue weighted by Gasteiger charge is -2.44. The van der Waals surface area contributed by atoms with Gasteiger partial charge in [0.05, 0.1) is 18.6 Å². The summed E-state index contributed by atoms with van der Waals surface area (Å²) in [4.78, 5) is 12.5. The Labute approximate surface area is 150 Å². The van der Waals surface area contributed by atoms with Crippen LogP contribution in [0.3, 0.4) is 0 Å². The van der Waals surface area contributed by atoms with Crippen LogP contribution in [0, 0.1) is 34.3 Å². The number of ether oxygens (including phenoxy) is 1. The molecule has 150 valence electrons. The fourth-order valence-electron chi connectivity index (χ4n) is 5.18. The Morgan fingerprint density at radius 2 is 1.92 bits per heavy atom. The van der Waals surface area contributed by atoms with E-state index in [4.69, 9.17) is 4.74 Å². The lowest BCUT2D eigenvalue weighted by atomic mass is 9.60. The number of nitrogens with one attached hydrogen (secondary N) is 1. The van der Waals surface area contributed by atoms with E-state index in [1.165, 1.54) is 6.42 Å². The van der Waals surface area contributed by atoms with Gasteiger partial charge >= 0.3 is 21.5 Å². The molecule has 6 unspecified atom stereocenters. The molecule has 6 atom stereocenters. The van der Waals surface area contributed by atoms with Crippen LogP contribution in [0.2, 0.25) is 0 Å². The van der Waals surface area contributed by atoms with Crippen molar-refractivity contribution in [3.63, 3.8) is 0 Å². The molecular formula is C16H24F3NO5S. The van der Waals surface area contributed by atoms with E-state index in [1.54, 1.807) is 0 Å². The van der Waals surface area contributed by atoms with Crippen LogP contribution in [0.1, 0.15) is 45.4 Å². The van der Waals surface area contributed by atoms with Gasteiger partial charge < -0.3 is 9.94 Å². The van der Waals surface area contributed by atoms with E-state index in [1.807, 2.05) is 6.92 Å². The number of alkyl halides is 3. The van der Waals surface area contributed by atoms with Crippen LogP contribution in [0.25, 0.3) is 0 Å². The van der Waals surface area contributed by atoms with Gasteiger partial charge in [-0.2, -0.15) is 21.6 Å². The molecule has 0 heterocycles. The molecule has 3 aliphatic carbocycles. The molecule has 0 saturated heterocycles.